The van der Waals surface area contributed by atoms with E-state index in [1.165, 1.54) is 17.2 Å². The van der Waals surface area contributed by atoms with Crippen LogP contribution in [0, 0.1) is 23.2 Å². The van der Waals surface area contributed by atoms with Crippen LogP contribution < -0.4 is 16.2 Å². The number of hydrogen-bond donors (Lipinski definition) is 4. The molecule has 57 heavy (non-hydrogen) atoms. The predicted octanol–water partition coefficient (Wildman–Crippen LogP) is 4.64. The normalized spacial score (nSPS) is 31.2. The number of phosphoric ester groups is 2. The molecule has 2 bridgehead atoms. The molecule has 24 heteroatoms. The number of imidazole rings is 1. The number of aromatic amines is 1. The summed E-state index contributed by atoms with van der Waals surface area (Å²) in [4.78, 5) is 56.4. The topological polar surface area (TPSA) is 273 Å². The molecule has 0 spiro atoms. The quantitative estimate of drug-likeness (QED) is 0.123. The van der Waals surface area contributed by atoms with E-state index in [1.54, 1.807) is 26.1 Å². The molecule has 1 saturated carbocycles. The first-order chi connectivity index (χ1) is 26.8. The minimum Gasteiger partial charge on any atom is -0.408 e. The second-order valence-corrected chi connectivity index (χ2v) is 23.7. The van der Waals surface area contributed by atoms with Crippen LogP contribution in [0.2, 0.25) is 18.1 Å². The Morgan fingerprint density at radius 2 is 1.95 bits per heavy atom. The van der Waals surface area contributed by atoms with Crippen molar-refractivity contribution in [3.8, 4) is 6.07 Å². The number of carbonyl (C=O) groups is 1. The van der Waals surface area contributed by atoms with Crippen LogP contribution in [-0.2, 0) is 45.7 Å². The summed E-state index contributed by atoms with van der Waals surface area (Å²) in [5.74, 6) is -1.11. The van der Waals surface area contributed by atoms with Crippen molar-refractivity contribution < 1.29 is 50.6 Å². The number of rotatable bonds is 10. The monoisotopic (exact) mass is 853 g/mol. The molecule has 9 atom stereocenters. The highest BCUT2D eigenvalue weighted by Crippen LogP contribution is 2.57. The van der Waals surface area contributed by atoms with Gasteiger partial charge in [0.05, 0.1) is 44.7 Å². The Kier molecular flexibility index (Phi) is 12.9. The van der Waals surface area contributed by atoms with Crippen molar-refractivity contribution in [1.82, 2.24) is 29.5 Å². The number of fused-ring (bicyclic) bond motifs is 4. The molecule has 312 valence electrons. The number of ether oxygens (including phenoxy) is 1. The van der Waals surface area contributed by atoms with E-state index in [2.05, 4.69) is 35.6 Å². The second-order valence-electron chi connectivity index (χ2n) is 15.9. The van der Waals surface area contributed by atoms with Crippen molar-refractivity contribution in [2.24, 2.45) is 11.8 Å². The molecule has 0 radical (unpaired) electrons. The molecule has 3 aliphatic rings. The lowest BCUT2D eigenvalue weighted by Crippen LogP contribution is -2.50. The molecule has 5 heterocycles. The first kappa shape index (κ1) is 43.1. The summed E-state index contributed by atoms with van der Waals surface area (Å²) in [7, 11) is -12.2. The summed E-state index contributed by atoms with van der Waals surface area (Å²) in [6.07, 6.45) is -1.36. The first-order valence-electron chi connectivity index (χ1n) is 18.5. The highest BCUT2D eigenvalue weighted by atomic mass is 31.2. The molecule has 1 amide bonds. The van der Waals surface area contributed by atoms with Crippen LogP contribution in [0.5, 0.6) is 0 Å². The van der Waals surface area contributed by atoms with Gasteiger partial charge in [0.15, 0.2) is 25.7 Å². The van der Waals surface area contributed by atoms with E-state index in [4.69, 9.17) is 31.8 Å². The highest BCUT2D eigenvalue weighted by molar-refractivity contribution is 7.48. The van der Waals surface area contributed by atoms with Crippen LogP contribution >= 0.6 is 15.6 Å². The Morgan fingerprint density at radius 3 is 2.63 bits per heavy atom. The molecule has 0 aromatic carbocycles. The number of nitrogens with zero attached hydrogens (tertiary/aromatic N) is 6. The molecule has 3 aromatic heterocycles. The van der Waals surface area contributed by atoms with Crippen molar-refractivity contribution in [3.63, 3.8) is 0 Å². The number of nitriles is 1. The Balaban J connectivity index is 1.41. The summed E-state index contributed by atoms with van der Waals surface area (Å²) in [5.41, 5.74) is -0.851. The second kappa shape index (κ2) is 17.0. The Labute approximate surface area is 329 Å². The fourth-order valence-electron chi connectivity index (χ4n) is 6.37. The maximum atomic E-state index is 14.5. The molecule has 21 nitrogen and oxygen atoms in total. The molecule has 2 saturated heterocycles. The smallest absolute Gasteiger partial charge is 0.408 e. The van der Waals surface area contributed by atoms with E-state index in [9.17, 15) is 28.9 Å². The Morgan fingerprint density at radius 1 is 1.18 bits per heavy atom. The SMILES string of the molecule is CC(C)C(=O)Nc1nc2c(ncn2[C@@H]2O[C@H]3COP(=O)(OCCC#N)O[C@H]4C[C@H](Nc5ccncn5)C[C@H]4COP(=O)(O)O[C@@H]2C3O[Si](C)(C)C(C)(C)C)c(=O)[nH]1. The lowest BCUT2D eigenvalue weighted by Gasteiger charge is -2.40. The van der Waals surface area contributed by atoms with Crippen molar-refractivity contribution >= 4 is 52.8 Å². The Bertz CT molecular complexity index is 2110. The van der Waals surface area contributed by atoms with Gasteiger partial charge in [0.25, 0.3) is 5.56 Å². The summed E-state index contributed by atoms with van der Waals surface area (Å²) in [6, 6.07) is 3.32. The molecule has 2 aliphatic heterocycles. The summed E-state index contributed by atoms with van der Waals surface area (Å²) in [5, 5.41) is 14.7. The standard InChI is InChI=1S/C33H49N9O12P2Si/c1-19(2)29(43)40-32-39-28-25(30(44)41-32)37-18-42(28)31-27-26(54-57(6,7)33(3,4)5)23(51-31)16-50-56(47,48-12-8-10-34)52-22-14-21(38-24-9-11-35-17-36-24)13-20(22)15-49-55(45,46)53-27/h9,11,17-23,26-27,31H,8,12-16H2,1-7H3,(H,45,46)(H,35,36,38)(H2,39,40,41,43,44)/t20-,21+,22-,23-,26?,27+,31+,56?/m0/s1. The van der Waals surface area contributed by atoms with E-state index < -0.39 is 84.5 Å². The number of anilines is 2. The third-order valence-corrected chi connectivity index (χ3v) is 17.3. The maximum absolute atomic E-state index is 14.5. The van der Waals surface area contributed by atoms with E-state index in [-0.39, 0.29) is 54.2 Å². The molecule has 6 rings (SSSR count). The first-order valence-corrected chi connectivity index (χ1v) is 24.4. The van der Waals surface area contributed by atoms with Crippen LogP contribution in [0.4, 0.5) is 11.8 Å². The molecular weight excluding hydrogens is 804 g/mol. The fraction of sp³-hybridized carbons (Fsp3) is 0.667. The van der Waals surface area contributed by atoms with Gasteiger partial charge in [-0.1, -0.05) is 34.6 Å². The van der Waals surface area contributed by atoms with Crippen LogP contribution in [0.15, 0.2) is 29.7 Å². The van der Waals surface area contributed by atoms with Crippen LogP contribution in [0.3, 0.4) is 0 Å². The van der Waals surface area contributed by atoms with Crippen LogP contribution in [0.1, 0.15) is 60.1 Å². The van der Waals surface area contributed by atoms with E-state index in [1.807, 2.05) is 39.9 Å². The molecule has 3 unspecified atom stereocenters. The van der Waals surface area contributed by atoms with Gasteiger partial charge in [-0.3, -0.25) is 47.1 Å². The summed E-state index contributed by atoms with van der Waals surface area (Å²) < 4.78 is 72.7. The number of nitrogens with one attached hydrogen (secondary N) is 3. The minimum atomic E-state index is -4.98. The lowest BCUT2D eigenvalue weighted by atomic mass is 10.1. The molecule has 1 aliphatic carbocycles. The van der Waals surface area contributed by atoms with Gasteiger partial charge in [-0.25, -0.2) is 24.1 Å². The fourth-order valence-corrected chi connectivity index (χ4v) is 10.1. The average molecular weight is 854 g/mol. The lowest BCUT2D eigenvalue weighted by molar-refractivity contribution is -0.118. The zero-order valence-electron chi connectivity index (χ0n) is 32.7. The maximum Gasteiger partial charge on any atom is 0.475 e. The van der Waals surface area contributed by atoms with Crippen molar-refractivity contribution in [2.75, 3.05) is 30.5 Å². The highest BCUT2D eigenvalue weighted by Gasteiger charge is 2.55. The number of phosphoric acid groups is 2. The number of amides is 1. The van der Waals surface area contributed by atoms with Crippen molar-refractivity contribution in [1.29, 1.82) is 5.26 Å². The molecule has 4 N–H and O–H groups in total. The third-order valence-electron chi connectivity index (χ3n) is 10.4. The number of carbonyl (C=O) groups excluding carboxylic acids is 1. The summed E-state index contributed by atoms with van der Waals surface area (Å²) >= 11 is 0. The number of H-pyrrole nitrogens is 1. The predicted molar refractivity (Wildman–Crippen MR) is 205 cm³/mol. The van der Waals surface area contributed by atoms with Gasteiger partial charge in [0.2, 0.25) is 11.9 Å². The van der Waals surface area contributed by atoms with E-state index in [0.717, 1.165) is 0 Å². The Hall–Kier alpha value is -3.45. The summed E-state index contributed by atoms with van der Waals surface area (Å²) in [6.45, 7) is 12.1. The zero-order chi connectivity index (χ0) is 41.3. The van der Waals surface area contributed by atoms with Gasteiger partial charge in [0, 0.05) is 24.1 Å². The van der Waals surface area contributed by atoms with E-state index in [0.29, 0.717) is 12.2 Å². The van der Waals surface area contributed by atoms with Gasteiger partial charge in [-0.15, -0.1) is 0 Å². The third kappa shape index (κ3) is 10.1. The van der Waals surface area contributed by atoms with Crippen LogP contribution in [-0.4, -0.2) is 98.9 Å². The van der Waals surface area contributed by atoms with Crippen molar-refractivity contribution in [3.05, 3.63) is 35.3 Å². The number of aromatic nitrogens is 6. The van der Waals surface area contributed by atoms with Gasteiger partial charge in [0.1, 0.15) is 30.5 Å². The largest absolute Gasteiger partial charge is 0.475 e. The van der Waals surface area contributed by atoms with Gasteiger partial charge >= 0.3 is 15.6 Å². The average Bonchev–Trinajstić information content (AvgIpc) is 3.81. The molecular formula is C33H49N9O12P2Si. The van der Waals surface area contributed by atoms with Crippen LogP contribution in [0.25, 0.3) is 11.2 Å². The van der Waals surface area contributed by atoms with Gasteiger partial charge < -0.3 is 19.4 Å². The zero-order valence-corrected chi connectivity index (χ0v) is 35.5. The van der Waals surface area contributed by atoms with Gasteiger partial charge in [-0.05, 0) is 37.0 Å². The number of hydrogen-bond acceptors (Lipinski definition) is 17. The van der Waals surface area contributed by atoms with Gasteiger partial charge in [-0.2, -0.15) is 10.2 Å². The molecule has 3 fully saturated rings. The molecule has 3 aromatic rings. The van der Waals surface area contributed by atoms with Crippen molar-refractivity contribution in [2.45, 2.75) is 109 Å². The minimum absolute atomic E-state index is 0.0521. The van der Waals surface area contributed by atoms with E-state index >= 15 is 0 Å².